The summed E-state index contributed by atoms with van der Waals surface area (Å²) in [6.07, 6.45) is 1.59. The molecule has 0 unspecified atom stereocenters. The van der Waals surface area contributed by atoms with Crippen LogP contribution >= 0.6 is 11.6 Å². The largest absolute Gasteiger partial charge is 0.493 e. The molecule has 1 aromatic heterocycles. The average Bonchev–Trinajstić information content (AvgIpc) is 2.85. The fraction of sp³-hybridized carbons (Fsp3) is 0.160. The number of halogens is 1. The molecule has 4 aromatic rings. The van der Waals surface area contributed by atoms with Crippen molar-refractivity contribution in [1.82, 2.24) is 9.97 Å². The Morgan fingerprint density at radius 1 is 1.00 bits per heavy atom. The van der Waals surface area contributed by atoms with E-state index in [4.69, 9.17) is 25.8 Å². The number of methoxy groups -OCH3 is 2. The fourth-order valence-electron chi connectivity index (χ4n) is 3.39. The van der Waals surface area contributed by atoms with Crippen LogP contribution in [0, 0.1) is 0 Å². The molecule has 0 aliphatic heterocycles. The zero-order valence-electron chi connectivity index (χ0n) is 18.5. The quantitative estimate of drug-likeness (QED) is 0.375. The lowest BCUT2D eigenvalue weighted by atomic mass is 10.1. The number of amides is 1. The summed E-state index contributed by atoms with van der Waals surface area (Å²) in [7, 11) is 3.12. The molecule has 0 spiro atoms. The fourth-order valence-corrected chi connectivity index (χ4v) is 3.57. The highest BCUT2D eigenvalue weighted by atomic mass is 35.5. The molecule has 34 heavy (non-hydrogen) atoms. The van der Waals surface area contributed by atoms with Gasteiger partial charge in [0.2, 0.25) is 11.8 Å². The van der Waals surface area contributed by atoms with Crippen LogP contribution in [0.3, 0.4) is 0 Å². The van der Waals surface area contributed by atoms with Crippen molar-refractivity contribution in [3.8, 4) is 23.1 Å². The number of aromatic nitrogens is 2. The maximum absolute atomic E-state index is 12.4. The minimum absolute atomic E-state index is 0.171. The third kappa shape index (κ3) is 5.19. The number of carbonyl (C=O) groups is 1. The molecule has 3 aromatic carbocycles. The molecule has 174 valence electrons. The second kappa shape index (κ2) is 10.4. The van der Waals surface area contributed by atoms with Crippen LogP contribution in [0.5, 0.6) is 23.1 Å². The molecule has 1 heterocycles. The van der Waals surface area contributed by atoms with Crippen molar-refractivity contribution >= 4 is 34.1 Å². The number of nitrogens with one attached hydrogen (secondary N) is 1. The molecule has 4 rings (SSSR count). The number of anilines is 1. The van der Waals surface area contributed by atoms with E-state index in [2.05, 4.69) is 15.3 Å². The molecule has 2 N–H and O–H groups in total. The molecule has 0 saturated carbocycles. The molecule has 0 radical (unpaired) electrons. The minimum Gasteiger partial charge on any atom is -0.493 e. The lowest BCUT2D eigenvalue weighted by Crippen LogP contribution is -2.14. The number of benzene rings is 3. The van der Waals surface area contributed by atoms with Gasteiger partial charge in [0.25, 0.3) is 0 Å². The van der Waals surface area contributed by atoms with Crippen LogP contribution in [0.25, 0.3) is 10.9 Å². The number of hydrogen-bond acceptors (Lipinski definition) is 7. The highest BCUT2D eigenvalue weighted by Gasteiger charge is 2.13. The topological polar surface area (TPSA) is 103 Å². The number of rotatable bonds is 8. The summed E-state index contributed by atoms with van der Waals surface area (Å²) in [6.45, 7) is -0.202. The van der Waals surface area contributed by atoms with E-state index in [1.807, 2.05) is 12.1 Å². The Balaban J connectivity index is 1.46. The Bertz CT molecular complexity index is 1330. The minimum atomic E-state index is -0.202. The summed E-state index contributed by atoms with van der Waals surface area (Å²) in [6, 6.07) is 15.6. The van der Waals surface area contributed by atoms with Crippen molar-refractivity contribution in [2.45, 2.75) is 13.0 Å². The van der Waals surface area contributed by atoms with Crippen LogP contribution in [-0.2, 0) is 17.8 Å². The summed E-state index contributed by atoms with van der Waals surface area (Å²) in [4.78, 5) is 20.9. The second-order valence-corrected chi connectivity index (χ2v) is 7.75. The predicted molar refractivity (Wildman–Crippen MR) is 129 cm³/mol. The maximum Gasteiger partial charge on any atom is 0.230 e. The van der Waals surface area contributed by atoms with E-state index < -0.39 is 0 Å². The standard InChI is InChI=1S/C25H22ClN3O5/c1-32-22-11-19-21(12-23(22)33-2)27-14-28-25(19)34-18-6-3-15(4-7-18)9-24(31)29-17-5-8-20(26)16(10-17)13-30/h3-8,10-12,14,30H,9,13H2,1-2H3,(H,29,31). The van der Waals surface area contributed by atoms with Crippen molar-refractivity contribution in [3.05, 3.63) is 77.1 Å². The van der Waals surface area contributed by atoms with Gasteiger partial charge in [-0.15, -0.1) is 0 Å². The van der Waals surface area contributed by atoms with Crippen LogP contribution in [0.2, 0.25) is 5.02 Å². The van der Waals surface area contributed by atoms with E-state index in [0.29, 0.717) is 50.3 Å². The number of ether oxygens (including phenoxy) is 3. The van der Waals surface area contributed by atoms with E-state index in [0.717, 1.165) is 5.56 Å². The molecule has 0 atom stereocenters. The molecule has 0 bridgehead atoms. The van der Waals surface area contributed by atoms with E-state index in [9.17, 15) is 9.90 Å². The molecular formula is C25H22ClN3O5. The zero-order valence-corrected chi connectivity index (χ0v) is 19.3. The molecule has 1 amide bonds. The Morgan fingerprint density at radius 2 is 1.74 bits per heavy atom. The number of carbonyl (C=O) groups excluding carboxylic acids is 1. The first-order chi connectivity index (χ1) is 16.5. The van der Waals surface area contributed by atoms with Crippen LogP contribution < -0.4 is 19.5 Å². The molecule has 9 heteroatoms. The molecule has 0 saturated heterocycles. The lowest BCUT2D eigenvalue weighted by Gasteiger charge is -2.12. The molecular weight excluding hydrogens is 458 g/mol. The summed E-state index contributed by atoms with van der Waals surface area (Å²) >= 11 is 5.99. The van der Waals surface area contributed by atoms with Gasteiger partial charge in [-0.25, -0.2) is 9.97 Å². The zero-order chi connectivity index (χ0) is 24.1. The lowest BCUT2D eigenvalue weighted by molar-refractivity contribution is -0.115. The Hall–Kier alpha value is -3.88. The predicted octanol–water partition coefficient (Wildman–Crippen LogP) is 4.77. The Labute approximate surface area is 201 Å². The summed E-state index contributed by atoms with van der Waals surface area (Å²) in [5.41, 5.74) is 2.58. The summed E-state index contributed by atoms with van der Waals surface area (Å²) < 4.78 is 16.7. The first kappa shape index (κ1) is 23.3. The number of fused-ring (bicyclic) bond motifs is 1. The Kier molecular flexibility index (Phi) is 7.10. The first-order valence-corrected chi connectivity index (χ1v) is 10.7. The molecule has 8 nitrogen and oxygen atoms in total. The van der Waals surface area contributed by atoms with E-state index in [1.54, 1.807) is 56.7 Å². The van der Waals surface area contributed by atoms with Gasteiger partial charge in [0.1, 0.15) is 12.1 Å². The molecule has 0 aliphatic carbocycles. The van der Waals surface area contributed by atoms with Gasteiger partial charge in [-0.1, -0.05) is 23.7 Å². The van der Waals surface area contributed by atoms with Gasteiger partial charge < -0.3 is 24.6 Å². The van der Waals surface area contributed by atoms with Crippen molar-refractivity contribution in [3.63, 3.8) is 0 Å². The second-order valence-electron chi connectivity index (χ2n) is 7.34. The maximum atomic E-state index is 12.4. The first-order valence-electron chi connectivity index (χ1n) is 10.3. The van der Waals surface area contributed by atoms with Crippen molar-refractivity contribution in [2.24, 2.45) is 0 Å². The van der Waals surface area contributed by atoms with Gasteiger partial charge in [-0.05, 0) is 47.5 Å². The van der Waals surface area contributed by atoms with Crippen LogP contribution in [-0.4, -0.2) is 35.2 Å². The number of aliphatic hydroxyl groups is 1. The number of hydrogen-bond donors (Lipinski definition) is 2. The van der Waals surface area contributed by atoms with Gasteiger partial charge in [0.05, 0.1) is 38.2 Å². The van der Waals surface area contributed by atoms with Gasteiger partial charge >= 0.3 is 0 Å². The highest BCUT2D eigenvalue weighted by Crippen LogP contribution is 2.35. The van der Waals surface area contributed by atoms with Gasteiger partial charge in [-0.2, -0.15) is 0 Å². The van der Waals surface area contributed by atoms with E-state index >= 15 is 0 Å². The van der Waals surface area contributed by atoms with Crippen LogP contribution in [0.1, 0.15) is 11.1 Å². The third-order valence-electron chi connectivity index (χ3n) is 5.11. The smallest absolute Gasteiger partial charge is 0.230 e. The highest BCUT2D eigenvalue weighted by molar-refractivity contribution is 6.31. The SMILES string of the molecule is COc1cc2ncnc(Oc3ccc(CC(=O)Nc4ccc(Cl)c(CO)c4)cc3)c2cc1OC. The third-order valence-corrected chi connectivity index (χ3v) is 5.48. The van der Waals surface area contributed by atoms with Crippen LogP contribution in [0.15, 0.2) is 60.9 Å². The van der Waals surface area contributed by atoms with E-state index in [-0.39, 0.29) is 18.9 Å². The normalized spacial score (nSPS) is 10.7. The van der Waals surface area contributed by atoms with Gasteiger partial charge in [0.15, 0.2) is 11.5 Å². The molecule has 0 aliphatic rings. The summed E-state index contributed by atoms with van der Waals surface area (Å²) in [5.74, 6) is 1.85. The molecule has 0 fully saturated rings. The number of nitrogens with zero attached hydrogens (tertiary/aromatic N) is 2. The van der Waals surface area contributed by atoms with Crippen LogP contribution in [0.4, 0.5) is 5.69 Å². The van der Waals surface area contributed by atoms with E-state index in [1.165, 1.54) is 6.33 Å². The number of aliphatic hydroxyl groups excluding tert-OH is 1. The van der Waals surface area contributed by atoms with Crippen molar-refractivity contribution < 1.29 is 24.1 Å². The van der Waals surface area contributed by atoms with Crippen molar-refractivity contribution in [2.75, 3.05) is 19.5 Å². The van der Waals surface area contributed by atoms with Crippen molar-refractivity contribution in [1.29, 1.82) is 0 Å². The summed E-state index contributed by atoms with van der Waals surface area (Å²) in [5, 5.41) is 13.3. The van der Waals surface area contributed by atoms with Gasteiger partial charge in [0, 0.05) is 16.8 Å². The average molecular weight is 480 g/mol. The monoisotopic (exact) mass is 479 g/mol. The van der Waals surface area contributed by atoms with Gasteiger partial charge in [-0.3, -0.25) is 4.79 Å². The Morgan fingerprint density at radius 3 is 2.44 bits per heavy atom.